The number of rotatable bonds is 4. The summed E-state index contributed by atoms with van der Waals surface area (Å²) in [6.45, 7) is 7.52. The molecule has 4 nitrogen and oxygen atoms in total. The van der Waals surface area contributed by atoms with Crippen LogP contribution in [0.25, 0.3) is 0 Å². The second-order valence-electron chi connectivity index (χ2n) is 4.77. The Bertz CT molecular complexity index is 201. The summed E-state index contributed by atoms with van der Waals surface area (Å²) in [5.74, 6) is 0.948. The van der Waals surface area contributed by atoms with Crippen LogP contribution in [0.4, 0.5) is 4.79 Å². The Labute approximate surface area is 91.6 Å². The van der Waals surface area contributed by atoms with E-state index in [2.05, 4.69) is 19.2 Å². The van der Waals surface area contributed by atoms with E-state index in [0.29, 0.717) is 24.9 Å². The van der Waals surface area contributed by atoms with Crippen molar-refractivity contribution in [3.05, 3.63) is 0 Å². The van der Waals surface area contributed by atoms with Gasteiger partial charge in [0.25, 0.3) is 0 Å². The molecule has 0 unspecified atom stereocenters. The molecule has 0 saturated carbocycles. The number of carboxylic acid groups (broad SMARTS) is 1. The molecular weight excluding hydrogens is 192 g/mol. The van der Waals surface area contributed by atoms with E-state index < -0.39 is 6.09 Å². The van der Waals surface area contributed by atoms with E-state index in [4.69, 9.17) is 5.11 Å². The van der Waals surface area contributed by atoms with Crippen molar-refractivity contribution in [2.45, 2.75) is 26.7 Å². The molecule has 0 radical (unpaired) electrons. The maximum absolute atomic E-state index is 11.0. The van der Waals surface area contributed by atoms with Gasteiger partial charge in [0.15, 0.2) is 0 Å². The van der Waals surface area contributed by atoms with Gasteiger partial charge >= 0.3 is 6.09 Å². The Kier molecular flexibility index (Phi) is 4.88. The van der Waals surface area contributed by atoms with Crippen molar-refractivity contribution in [3.63, 3.8) is 0 Å². The fourth-order valence-corrected chi connectivity index (χ4v) is 2.05. The number of hydrogen-bond acceptors (Lipinski definition) is 2. The highest BCUT2D eigenvalue weighted by molar-refractivity contribution is 5.64. The molecule has 15 heavy (non-hydrogen) atoms. The van der Waals surface area contributed by atoms with E-state index in [0.717, 1.165) is 25.9 Å². The zero-order chi connectivity index (χ0) is 11.3. The third kappa shape index (κ3) is 4.51. The lowest BCUT2D eigenvalue weighted by Crippen LogP contribution is -2.40. The Morgan fingerprint density at radius 3 is 2.53 bits per heavy atom. The lowest BCUT2D eigenvalue weighted by atomic mass is 9.97. The molecule has 88 valence electrons. The summed E-state index contributed by atoms with van der Waals surface area (Å²) in [6.07, 6.45) is 1.42. The van der Waals surface area contributed by atoms with E-state index in [9.17, 15) is 4.79 Å². The molecule has 0 aromatic carbocycles. The quantitative estimate of drug-likeness (QED) is 0.747. The molecule has 1 fully saturated rings. The largest absolute Gasteiger partial charge is 0.465 e. The van der Waals surface area contributed by atoms with E-state index in [1.54, 1.807) is 4.90 Å². The summed E-state index contributed by atoms with van der Waals surface area (Å²) >= 11 is 0. The Morgan fingerprint density at radius 2 is 2.07 bits per heavy atom. The molecule has 0 aromatic rings. The first kappa shape index (κ1) is 12.3. The van der Waals surface area contributed by atoms with Gasteiger partial charge < -0.3 is 15.3 Å². The minimum atomic E-state index is -0.776. The van der Waals surface area contributed by atoms with Crippen LogP contribution in [0, 0.1) is 11.8 Å². The predicted molar refractivity (Wildman–Crippen MR) is 60.0 cm³/mol. The van der Waals surface area contributed by atoms with E-state index in [1.807, 2.05) is 0 Å². The van der Waals surface area contributed by atoms with Crippen molar-refractivity contribution >= 4 is 6.09 Å². The average molecular weight is 214 g/mol. The number of carbonyl (C=O) groups is 1. The second kappa shape index (κ2) is 5.95. The molecule has 0 aliphatic carbocycles. The van der Waals surface area contributed by atoms with Crippen molar-refractivity contribution in [1.82, 2.24) is 10.2 Å². The van der Waals surface area contributed by atoms with Crippen LogP contribution in [-0.2, 0) is 0 Å². The summed E-state index contributed by atoms with van der Waals surface area (Å²) in [5.41, 5.74) is 0. The lowest BCUT2D eigenvalue weighted by molar-refractivity contribution is 0.125. The Hall–Kier alpha value is -0.770. The van der Waals surface area contributed by atoms with Crippen LogP contribution in [0.1, 0.15) is 26.7 Å². The first-order chi connectivity index (χ1) is 7.09. The van der Waals surface area contributed by atoms with Crippen LogP contribution in [0.15, 0.2) is 0 Å². The molecule has 2 N–H and O–H groups in total. The van der Waals surface area contributed by atoms with Gasteiger partial charge in [-0.2, -0.15) is 0 Å². The number of nitrogens with zero attached hydrogens (tertiary/aromatic N) is 1. The van der Waals surface area contributed by atoms with Crippen molar-refractivity contribution < 1.29 is 9.90 Å². The molecule has 1 aliphatic rings. The maximum Gasteiger partial charge on any atom is 0.407 e. The Morgan fingerprint density at radius 1 is 1.47 bits per heavy atom. The third-order valence-corrected chi connectivity index (χ3v) is 2.79. The van der Waals surface area contributed by atoms with Gasteiger partial charge in [-0.25, -0.2) is 4.79 Å². The van der Waals surface area contributed by atoms with Crippen LogP contribution in [0.3, 0.4) is 0 Å². The molecule has 0 spiro atoms. The fourth-order valence-electron chi connectivity index (χ4n) is 2.05. The van der Waals surface area contributed by atoms with E-state index in [-0.39, 0.29) is 0 Å². The molecular formula is C11H22N2O2. The topological polar surface area (TPSA) is 52.6 Å². The van der Waals surface area contributed by atoms with Crippen LogP contribution in [-0.4, -0.2) is 42.3 Å². The highest BCUT2D eigenvalue weighted by atomic mass is 16.4. The number of amides is 1. The third-order valence-electron chi connectivity index (χ3n) is 2.79. The molecule has 1 heterocycles. The molecule has 0 atom stereocenters. The molecule has 0 aromatic heterocycles. The SMILES string of the molecule is CC(C)CN(CC1CCNCC1)C(=O)O. The van der Waals surface area contributed by atoms with Gasteiger partial charge in [0.1, 0.15) is 0 Å². The average Bonchev–Trinajstić information content (AvgIpc) is 2.17. The first-order valence-electron chi connectivity index (χ1n) is 5.78. The summed E-state index contributed by atoms with van der Waals surface area (Å²) in [7, 11) is 0. The van der Waals surface area contributed by atoms with Crippen molar-refractivity contribution in [3.8, 4) is 0 Å². The zero-order valence-electron chi connectivity index (χ0n) is 9.70. The highest BCUT2D eigenvalue weighted by Gasteiger charge is 2.20. The number of nitrogens with one attached hydrogen (secondary N) is 1. The van der Waals surface area contributed by atoms with Gasteiger partial charge in [-0.15, -0.1) is 0 Å². The van der Waals surface area contributed by atoms with Crippen molar-refractivity contribution in [1.29, 1.82) is 0 Å². The van der Waals surface area contributed by atoms with Gasteiger partial charge in [0.2, 0.25) is 0 Å². The minimum Gasteiger partial charge on any atom is -0.465 e. The summed E-state index contributed by atoms with van der Waals surface area (Å²) in [5, 5.41) is 12.4. The maximum atomic E-state index is 11.0. The number of piperidine rings is 1. The standard InChI is InChI=1S/C11H22N2O2/c1-9(2)7-13(11(14)15)8-10-3-5-12-6-4-10/h9-10,12H,3-8H2,1-2H3,(H,14,15). The smallest absolute Gasteiger partial charge is 0.407 e. The van der Waals surface area contributed by atoms with Gasteiger partial charge in [-0.1, -0.05) is 13.8 Å². The van der Waals surface area contributed by atoms with E-state index >= 15 is 0 Å². The van der Waals surface area contributed by atoms with Gasteiger partial charge in [0.05, 0.1) is 0 Å². The summed E-state index contributed by atoms with van der Waals surface area (Å²) in [4.78, 5) is 12.6. The predicted octanol–water partition coefficient (Wildman–Crippen LogP) is 1.62. The number of hydrogen-bond donors (Lipinski definition) is 2. The molecule has 1 amide bonds. The monoisotopic (exact) mass is 214 g/mol. The van der Waals surface area contributed by atoms with Crippen LogP contribution < -0.4 is 5.32 Å². The highest BCUT2D eigenvalue weighted by Crippen LogP contribution is 2.14. The molecule has 1 aliphatic heterocycles. The second-order valence-corrected chi connectivity index (χ2v) is 4.77. The van der Waals surface area contributed by atoms with E-state index in [1.165, 1.54) is 0 Å². The lowest BCUT2D eigenvalue weighted by Gasteiger charge is -2.29. The van der Waals surface area contributed by atoms with Gasteiger partial charge in [-0.3, -0.25) is 0 Å². The zero-order valence-corrected chi connectivity index (χ0v) is 9.70. The summed E-state index contributed by atoms with van der Waals surface area (Å²) < 4.78 is 0. The molecule has 1 rings (SSSR count). The van der Waals surface area contributed by atoms with Crippen molar-refractivity contribution in [2.24, 2.45) is 11.8 Å². The molecule has 0 bridgehead atoms. The van der Waals surface area contributed by atoms with Crippen LogP contribution in [0.5, 0.6) is 0 Å². The molecule has 1 saturated heterocycles. The van der Waals surface area contributed by atoms with Crippen LogP contribution in [0.2, 0.25) is 0 Å². The van der Waals surface area contributed by atoms with Crippen LogP contribution >= 0.6 is 0 Å². The fraction of sp³-hybridized carbons (Fsp3) is 0.909. The molecule has 4 heteroatoms. The van der Waals surface area contributed by atoms with Gasteiger partial charge in [0, 0.05) is 13.1 Å². The summed E-state index contributed by atoms with van der Waals surface area (Å²) in [6, 6.07) is 0. The van der Waals surface area contributed by atoms with Crippen molar-refractivity contribution in [2.75, 3.05) is 26.2 Å². The first-order valence-corrected chi connectivity index (χ1v) is 5.78. The Balaban J connectivity index is 2.38. The van der Waals surface area contributed by atoms with Gasteiger partial charge in [-0.05, 0) is 37.8 Å². The normalized spacial score (nSPS) is 18.1. The minimum absolute atomic E-state index is 0.405.